The van der Waals surface area contributed by atoms with Crippen LogP contribution in [0.5, 0.6) is 0 Å². The third kappa shape index (κ3) is 1.69. The number of rotatable bonds is 2. The first kappa shape index (κ1) is 12.6. The quantitative estimate of drug-likeness (QED) is 0.917. The molecule has 2 bridgehead atoms. The molecule has 1 amide bonds. The van der Waals surface area contributed by atoms with Gasteiger partial charge < -0.3 is 9.72 Å². The molecule has 2 aromatic heterocycles. The highest BCUT2D eigenvalue weighted by Crippen LogP contribution is 2.53. The molecule has 114 valence electrons. The standard InChI is InChI=1S/C17H20N4O/c22-16(14-11-20-7-1-2-13(20)10-18-14)19-15-12-3-8-21(9-4-12)17(15)5-6-17/h1-2,7,10-12,15H,3-6,8-9H2,(H,19,22). The summed E-state index contributed by atoms with van der Waals surface area (Å²) in [6.07, 6.45) is 10.4. The lowest BCUT2D eigenvalue weighted by molar-refractivity contribution is -0.00153. The predicted octanol–water partition coefficient (Wildman–Crippen LogP) is 1.69. The van der Waals surface area contributed by atoms with Crippen LogP contribution in [0.2, 0.25) is 0 Å². The van der Waals surface area contributed by atoms with Crippen LogP contribution in [-0.2, 0) is 0 Å². The van der Waals surface area contributed by atoms with E-state index in [1.807, 2.05) is 28.9 Å². The van der Waals surface area contributed by atoms with Crippen molar-refractivity contribution >= 4 is 11.4 Å². The Balaban J connectivity index is 1.42. The Bertz CT molecular complexity index is 740. The summed E-state index contributed by atoms with van der Waals surface area (Å²) in [7, 11) is 0. The molecule has 5 nitrogen and oxygen atoms in total. The lowest BCUT2D eigenvalue weighted by Gasteiger charge is -2.52. The fourth-order valence-corrected chi connectivity index (χ4v) is 4.59. The van der Waals surface area contributed by atoms with E-state index in [-0.39, 0.29) is 11.4 Å². The minimum Gasteiger partial charge on any atom is -0.346 e. The largest absolute Gasteiger partial charge is 0.346 e. The molecule has 1 aliphatic carbocycles. The van der Waals surface area contributed by atoms with E-state index in [1.165, 1.54) is 38.8 Å². The van der Waals surface area contributed by atoms with E-state index in [0.29, 0.717) is 17.7 Å². The molecule has 1 atom stereocenters. The molecule has 5 heterocycles. The number of hydrogen-bond acceptors (Lipinski definition) is 3. The van der Waals surface area contributed by atoms with E-state index in [2.05, 4.69) is 15.2 Å². The zero-order valence-electron chi connectivity index (χ0n) is 12.5. The topological polar surface area (TPSA) is 49.6 Å². The average Bonchev–Trinajstić information content (AvgIpc) is 3.18. The molecule has 0 radical (unpaired) electrons. The molecular weight excluding hydrogens is 276 g/mol. The van der Waals surface area contributed by atoms with Crippen LogP contribution < -0.4 is 5.32 Å². The van der Waals surface area contributed by atoms with Crippen molar-refractivity contribution in [1.82, 2.24) is 19.6 Å². The molecule has 2 aromatic rings. The fourth-order valence-electron chi connectivity index (χ4n) is 4.59. The summed E-state index contributed by atoms with van der Waals surface area (Å²) in [5.74, 6) is 0.618. The summed E-state index contributed by atoms with van der Waals surface area (Å²) >= 11 is 0. The van der Waals surface area contributed by atoms with E-state index in [4.69, 9.17) is 0 Å². The Hall–Kier alpha value is -1.88. The van der Waals surface area contributed by atoms with Crippen LogP contribution in [0.15, 0.2) is 30.7 Å². The van der Waals surface area contributed by atoms with E-state index >= 15 is 0 Å². The molecular formula is C17H20N4O. The molecule has 1 N–H and O–H groups in total. The van der Waals surface area contributed by atoms with Gasteiger partial charge in [-0.2, -0.15) is 0 Å². The molecule has 6 rings (SSSR count). The van der Waals surface area contributed by atoms with E-state index < -0.39 is 0 Å². The Labute approximate surface area is 129 Å². The highest BCUT2D eigenvalue weighted by molar-refractivity contribution is 5.92. The minimum absolute atomic E-state index is 0.0272. The Morgan fingerprint density at radius 1 is 1.32 bits per heavy atom. The van der Waals surface area contributed by atoms with Crippen LogP contribution in [0.25, 0.3) is 5.52 Å². The van der Waals surface area contributed by atoms with Gasteiger partial charge in [0.15, 0.2) is 0 Å². The summed E-state index contributed by atoms with van der Waals surface area (Å²) in [5, 5.41) is 3.32. The number of hydrogen-bond donors (Lipinski definition) is 1. The molecule has 1 unspecified atom stereocenters. The maximum atomic E-state index is 12.7. The number of aromatic nitrogens is 2. The van der Waals surface area contributed by atoms with Gasteiger partial charge in [-0.05, 0) is 56.8 Å². The van der Waals surface area contributed by atoms with Gasteiger partial charge in [0, 0.05) is 17.9 Å². The first-order valence-electron chi connectivity index (χ1n) is 8.25. The number of nitrogens with zero attached hydrogens (tertiary/aromatic N) is 3. The van der Waals surface area contributed by atoms with Crippen LogP contribution in [0, 0.1) is 5.92 Å². The van der Waals surface area contributed by atoms with Gasteiger partial charge in [0.2, 0.25) is 0 Å². The SMILES string of the molecule is O=C(NC1C2CCN(CC2)C12CC2)c1cn2cccc2cn1. The molecule has 22 heavy (non-hydrogen) atoms. The molecule has 1 spiro atoms. The van der Waals surface area contributed by atoms with Gasteiger partial charge in [0.05, 0.1) is 17.8 Å². The maximum Gasteiger partial charge on any atom is 0.271 e. The highest BCUT2D eigenvalue weighted by atomic mass is 16.2. The van der Waals surface area contributed by atoms with Gasteiger partial charge in [0.1, 0.15) is 5.69 Å². The number of carbonyl (C=O) groups excluding carboxylic acids is 1. The first-order chi connectivity index (χ1) is 10.8. The Morgan fingerprint density at radius 3 is 2.91 bits per heavy atom. The van der Waals surface area contributed by atoms with Crippen molar-refractivity contribution in [2.45, 2.75) is 37.3 Å². The van der Waals surface area contributed by atoms with Gasteiger partial charge in [0.25, 0.3) is 5.91 Å². The van der Waals surface area contributed by atoms with Crippen molar-refractivity contribution in [3.8, 4) is 0 Å². The van der Waals surface area contributed by atoms with E-state index in [1.54, 1.807) is 6.20 Å². The van der Waals surface area contributed by atoms with Crippen LogP contribution in [0.3, 0.4) is 0 Å². The Kier molecular flexibility index (Phi) is 2.48. The number of nitrogens with one attached hydrogen (secondary N) is 1. The average molecular weight is 296 g/mol. The third-order valence-electron chi connectivity index (χ3n) is 5.91. The van der Waals surface area contributed by atoms with Crippen LogP contribution in [0.4, 0.5) is 0 Å². The second-order valence-corrected chi connectivity index (χ2v) is 6.99. The lowest BCUT2D eigenvalue weighted by atomic mass is 9.77. The van der Waals surface area contributed by atoms with Gasteiger partial charge in [-0.25, -0.2) is 4.98 Å². The molecule has 4 fully saturated rings. The second kappa shape index (κ2) is 4.32. The molecule has 3 saturated heterocycles. The monoisotopic (exact) mass is 296 g/mol. The molecule has 0 aromatic carbocycles. The number of piperidine rings is 3. The number of carbonyl (C=O) groups is 1. The summed E-state index contributed by atoms with van der Waals surface area (Å²) in [4.78, 5) is 19.6. The number of amides is 1. The molecule has 5 heteroatoms. The zero-order valence-corrected chi connectivity index (χ0v) is 12.5. The van der Waals surface area contributed by atoms with Gasteiger partial charge in [-0.1, -0.05) is 0 Å². The molecule has 4 aliphatic rings. The maximum absolute atomic E-state index is 12.7. The van der Waals surface area contributed by atoms with Gasteiger partial charge in [-0.15, -0.1) is 0 Å². The smallest absolute Gasteiger partial charge is 0.271 e. The van der Waals surface area contributed by atoms with Crippen molar-refractivity contribution in [2.75, 3.05) is 13.1 Å². The van der Waals surface area contributed by atoms with Gasteiger partial charge >= 0.3 is 0 Å². The lowest BCUT2D eigenvalue weighted by Crippen LogP contribution is -2.65. The third-order valence-corrected chi connectivity index (χ3v) is 5.91. The number of fused-ring (bicyclic) bond motifs is 3. The summed E-state index contributed by atoms with van der Waals surface area (Å²) in [5.41, 5.74) is 1.79. The van der Waals surface area contributed by atoms with Crippen LogP contribution in [-0.4, -0.2) is 44.9 Å². The minimum atomic E-state index is -0.0272. The van der Waals surface area contributed by atoms with Crippen molar-refractivity contribution in [3.05, 3.63) is 36.4 Å². The Morgan fingerprint density at radius 2 is 2.14 bits per heavy atom. The molecule has 3 aliphatic heterocycles. The summed E-state index contributed by atoms with van der Waals surface area (Å²) in [6, 6.07) is 4.26. The van der Waals surface area contributed by atoms with E-state index in [9.17, 15) is 4.79 Å². The van der Waals surface area contributed by atoms with Crippen molar-refractivity contribution < 1.29 is 4.79 Å². The first-order valence-corrected chi connectivity index (χ1v) is 8.25. The van der Waals surface area contributed by atoms with Crippen molar-refractivity contribution in [2.24, 2.45) is 5.92 Å². The van der Waals surface area contributed by atoms with Crippen molar-refractivity contribution in [1.29, 1.82) is 0 Å². The normalized spacial score (nSPS) is 31.5. The zero-order chi connectivity index (χ0) is 14.7. The van der Waals surface area contributed by atoms with Crippen molar-refractivity contribution in [3.63, 3.8) is 0 Å². The second-order valence-electron chi connectivity index (χ2n) is 6.99. The van der Waals surface area contributed by atoms with Gasteiger partial charge in [-0.3, -0.25) is 9.69 Å². The fraction of sp³-hybridized carbons (Fsp3) is 0.529. The summed E-state index contributed by atoms with van der Waals surface area (Å²) < 4.78 is 1.95. The predicted molar refractivity (Wildman–Crippen MR) is 82.7 cm³/mol. The summed E-state index contributed by atoms with van der Waals surface area (Å²) in [6.45, 7) is 2.43. The van der Waals surface area contributed by atoms with E-state index in [0.717, 1.165) is 5.52 Å². The van der Waals surface area contributed by atoms with Crippen LogP contribution in [0.1, 0.15) is 36.2 Å². The molecule has 1 saturated carbocycles. The van der Waals surface area contributed by atoms with Crippen LogP contribution >= 0.6 is 0 Å². The highest BCUT2D eigenvalue weighted by Gasteiger charge is 2.60.